The van der Waals surface area contributed by atoms with Crippen LogP contribution >= 0.6 is 11.6 Å². The van der Waals surface area contributed by atoms with Crippen LogP contribution in [-0.2, 0) is 6.42 Å². The number of aromatic nitrogens is 1. The highest BCUT2D eigenvalue weighted by Gasteiger charge is 2.15. The first-order valence-corrected chi connectivity index (χ1v) is 6.97. The van der Waals surface area contributed by atoms with Crippen LogP contribution in [-0.4, -0.2) is 11.5 Å². The van der Waals surface area contributed by atoms with Crippen molar-refractivity contribution >= 4 is 11.6 Å². The molecule has 0 saturated heterocycles. The largest absolute Gasteiger partial charge is 0.310 e. The summed E-state index contributed by atoms with van der Waals surface area (Å²) in [4.78, 5) is 4.06. The molecule has 3 heteroatoms. The SMILES string of the molecule is CCNC(Cc1ccncc1)c1cccc(C)c1Cl. The number of hydrogen-bond donors (Lipinski definition) is 1. The van der Waals surface area contributed by atoms with Gasteiger partial charge in [-0.05, 0) is 48.7 Å². The lowest BCUT2D eigenvalue weighted by molar-refractivity contribution is 0.549. The predicted molar refractivity (Wildman–Crippen MR) is 80.5 cm³/mol. The van der Waals surface area contributed by atoms with Crippen LogP contribution in [0.3, 0.4) is 0 Å². The molecule has 1 N–H and O–H groups in total. The van der Waals surface area contributed by atoms with Gasteiger partial charge in [0.2, 0.25) is 0 Å². The number of rotatable bonds is 5. The standard InChI is InChI=1S/C16H19ClN2/c1-3-19-15(11-13-7-9-18-10-8-13)14-6-4-5-12(2)16(14)17/h4-10,15,19H,3,11H2,1-2H3. The van der Waals surface area contributed by atoms with Crippen molar-refractivity contribution in [2.75, 3.05) is 6.54 Å². The fourth-order valence-corrected chi connectivity index (χ4v) is 2.49. The fraction of sp³-hybridized carbons (Fsp3) is 0.312. The summed E-state index contributed by atoms with van der Waals surface area (Å²) in [6, 6.07) is 10.5. The molecule has 0 radical (unpaired) electrons. The van der Waals surface area contributed by atoms with Crippen molar-refractivity contribution in [3.05, 3.63) is 64.4 Å². The Hall–Kier alpha value is -1.38. The Morgan fingerprint density at radius 1 is 1.21 bits per heavy atom. The summed E-state index contributed by atoms with van der Waals surface area (Å²) in [7, 11) is 0. The topological polar surface area (TPSA) is 24.9 Å². The zero-order valence-corrected chi connectivity index (χ0v) is 12.1. The lowest BCUT2D eigenvalue weighted by Gasteiger charge is -2.20. The Kier molecular flexibility index (Phi) is 4.94. The van der Waals surface area contributed by atoms with Gasteiger partial charge in [0.25, 0.3) is 0 Å². The third kappa shape index (κ3) is 3.55. The van der Waals surface area contributed by atoms with E-state index in [2.05, 4.69) is 29.4 Å². The summed E-state index contributed by atoms with van der Waals surface area (Å²) in [5.74, 6) is 0. The van der Waals surface area contributed by atoms with Gasteiger partial charge in [0.15, 0.2) is 0 Å². The van der Waals surface area contributed by atoms with Crippen LogP contribution in [0.2, 0.25) is 5.02 Å². The highest BCUT2D eigenvalue weighted by Crippen LogP contribution is 2.28. The Morgan fingerprint density at radius 2 is 1.95 bits per heavy atom. The summed E-state index contributed by atoms with van der Waals surface area (Å²) in [5.41, 5.74) is 3.55. The molecule has 1 aromatic carbocycles. The third-order valence-corrected chi connectivity index (χ3v) is 3.75. The van der Waals surface area contributed by atoms with E-state index in [1.165, 1.54) is 11.1 Å². The van der Waals surface area contributed by atoms with Crippen LogP contribution in [0.15, 0.2) is 42.7 Å². The molecule has 2 nitrogen and oxygen atoms in total. The highest BCUT2D eigenvalue weighted by atomic mass is 35.5. The maximum Gasteiger partial charge on any atom is 0.0483 e. The molecular weight excluding hydrogens is 256 g/mol. The molecule has 0 amide bonds. The number of likely N-dealkylation sites (N-methyl/N-ethyl adjacent to an activating group) is 1. The van der Waals surface area contributed by atoms with Gasteiger partial charge in [-0.2, -0.15) is 0 Å². The number of hydrogen-bond acceptors (Lipinski definition) is 2. The maximum absolute atomic E-state index is 6.44. The van der Waals surface area contributed by atoms with Gasteiger partial charge in [-0.15, -0.1) is 0 Å². The average Bonchev–Trinajstić information content (AvgIpc) is 2.43. The molecule has 0 aliphatic carbocycles. The number of pyridine rings is 1. The van der Waals surface area contributed by atoms with Gasteiger partial charge < -0.3 is 5.32 Å². The molecule has 2 aromatic rings. The van der Waals surface area contributed by atoms with E-state index in [9.17, 15) is 0 Å². The van der Waals surface area contributed by atoms with Crippen molar-refractivity contribution in [2.24, 2.45) is 0 Å². The molecule has 0 spiro atoms. The van der Waals surface area contributed by atoms with Gasteiger partial charge in [0.1, 0.15) is 0 Å². The van der Waals surface area contributed by atoms with Crippen molar-refractivity contribution in [2.45, 2.75) is 26.3 Å². The molecule has 0 fully saturated rings. The Labute approximate surface area is 119 Å². The third-order valence-electron chi connectivity index (χ3n) is 3.24. The Bertz CT molecular complexity index is 526. The van der Waals surface area contributed by atoms with E-state index in [0.717, 1.165) is 23.6 Å². The second-order valence-electron chi connectivity index (χ2n) is 4.65. The van der Waals surface area contributed by atoms with Crippen molar-refractivity contribution in [3.63, 3.8) is 0 Å². The number of halogens is 1. The van der Waals surface area contributed by atoms with Crippen LogP contribution in [0.25, 0.3) is 0 Å². The first-order chi connectivity index (χ1) is 9.22. The number of benzene rings is 1. The zero-order chi connectivity index (χ0) is 13.7. The van der Waals surface area contributed by atoms with E-state index in [0.29, 0.717) is 0 Å². The monoisotopic (exact) mass is 274 g/mol. The molecule has 1 unspecified atom stereocenters. The zero-order valence-electron chi connectivity index (χ0n) is 11.4. The van der Waals surface area contributed by atoms with Crippen LogP contribution in [0.1, 0.15) is 29.7 Å². The molecule has 2 rings (SSSR count). The summed E-state index contributed by atoms with van der Waals surface area (Å²) >= 11 is 6.44. The predicted octanol–water partition coefficient (Wildman–Crippen LogP) is 3.94. The number of aryl methyl sites for hydroxylation is 1. The fourth-order valence-electron chi connectivity index (χ4n) is 2.23. The minimum absolute atomic E-state index is 0.236. The molecule has 1 heterocycles. The molecule has 1 atom stereocenters. The normalized spacial score (nSPS) is 12.4. The lowest BCUT2D eigenvalue weighted by atomic mass is 9.98. The van der Waals surface area contributed by atoms with Crippen LogP contribution in [0.4, 0.5) is 0 Å². The van der Waals surface area contributed by atoms with Crippen molar-refractivity contribution in [1.82, 2.24) is 10.3 Å². The minimum Gasteiger partial charge on any atom is -0.310 e. The molecule has 0 aliphatic rings. The molecule has 19 heavy (non-hydrogen) atoms. The van der Waals surface area contributed by atoms with E-state index in [1.807, 2.05) is 37.5 Å². The van der Waals surface area contributed by atoms with Crippen LogP contribution < -0.4 is 5.32 Å². The van der Waals surface area contributed by atoms with Gasteiger partial charge >= 0.3 is 0 Å². The van der Waals surface area contributed by atoms with Crippen molar-refractivity contribution in [1.29, 1.82) is 0 Å². The second-order valence-corrected chi connectivity index (χ2v) is 5.03. The van der Waals surface area contributed by atoms with Gasteiger partial charge in [0.05, 0.1) is 0 Å². The van der Waals surface area contributed by atoms with E-state index in [4.69, 9.17) is 11.6 Å². The van der Waals surface area contributed by atoms with Gasteiger partial charge in [-0.1, -0.05) is 36.7 Å². The highest BCUT2D eigenvalue weighted by molar-refractivity contribution is 6.32. The Balaban J connectivity index is 2.27. The van der Waals surface area contributed by atoms with E-state index in [-0.39, 0.29) is 6.04 Å². The summed E-state index contributed by atoms with van der Waals surface area (Å²) in [6.45, 7) is 5.07. The van der Waals surface area contributed by atoms with Crippen molar-refractivity contribution in [3.8, 4) is 0 Å². The molecule has 1 aromatic heterocycles. The van der Waals surface area contributed by atoms with Crippen LogP contribution in [0.5, 0.6) is 0 Å². The summed E-state index contributed by atoms with van der Waals surface area (Å²) in [5, 5.41) is 4.37. The Morgan fingerprint density at radius 3 is 2.63 bits per heavy atom. The quantitative estimate of drug-likeness (QED) is 0.893. The molecule has 100 valence electrons. The van der Waals surface area contributed by atoms with E-state index >= 15 is 0 Å². The lowest BCUT2D eigenvalue weighted by Crippen LogP contribution is -2.23. The van der Waals surface area contributed by atoms with Gasteiger partial charge in [-0.3, -0.25) is 4.98 Å². The summed E-state index contributed by atoms with van der Waals surface area (Å²) in [6.07, 6.45) is 4.58. The molecule has 0 aliphatic heterocycles. The smallest absolute Gasteiger partial charge is 0.0483 e. The number of nitrogens with one attached hydrogen (secondary N) is 1. The van der Waals surface area contributed by atoms with Crippen LogP contribution in [0, 0.1) is 6.92 Å². The average molecular weight is 275 g/mol. The molecular formula is C16H19ClN2. The van der Waals surface area contributed by atoms with Crippen molar-refractivity contribution < 1.29 is 0 Å². The first-order valence-electron chi connectivity index (χ1n) is 6.59. The first kappa shape index (κ1) is 14.0. The second kappa shape index (κ2) is 6.69. The van der Waals surface area contributed by atoms with Gasteiger partial charge in [-0.25, -0.2) is 0 Å². The maximum atomic E-state index is 6.44. The minimum atomic E-state index is 0.236. The van der Waals surface area contributed by atoms with E-state index < -0.39 is 0 Å². The molecule has 0 saturated carbocycles. The molecule has 0 bridgehead atoms. The summed E-state index contributed by atoms with van der Waals surface area (Å²) < 4.78 is 0. The number of nitrogens with zero attached hydrogens (tertiary/aromatic N) is 1. The van der Waals surface area contributed by atoms with E-state index in [1.54, 1.807) is 0 Å². The van der Waals surface area contributed by atoms with Gasteiger partial charge in [0, 0.05) is 23.5 Å².